The van der Waals surface area contributed by atoms with Crippen molar-refractivity contribution in [3.63, 3.8) is 0 Å². The third-order valence-corrected chi connectivity index (χ3v) is 3.93. The van der Waals surface area contributed by atoms with Gasteiger partial charge in [0.15, 0.2) is 0 Å². The number of anilines is 1. The van der Waals surface area contributed by atoms with E-state index in [-0.39, 0.29) is 6.04 Å². The van der Waals surface area contributed by atoms with Gasteiger partial charge in [0.2, 0.25) is 0 Å². The molecule has 1 fully saturated rings. The lowest BCUT2D eigenvalue weighted by molar-refractivity contribution is -0.138. The maximum atomic E-state index is 11.4. The van der Waals surface area contributed by atoms with Crippen LogP contribution in [0.4, 0.5) is 5.69 Å². The second-order valence-electron chi connectivity index (χ2n) is 5.14. The van der Waals surface area contributed by atoms with Crippen molar-refractivity contribution in [3.05, 3.63) is 42.0 Å². The molecule has 0 radical (unpaired) electrons. The average Bonchev–Trinajstić information content (AvgIpc) is 2.87. The third-order valence-electron chi connectivity index (χ3n) is 3.93. The first-order chi connectivity index (χ1) is 9.18. The Morgan fingerprint density at radius 2 is 2.05 bits per heavy atom. The largest absolute Gasteiger partial charge is 0.480 e. The van der Waals surface area contributed by atoms with Crippen LogP contribution in [0.15, 0.2) is 36.4 Å². The predicted molar refractivity (Wildman–Crippen MR) is 76.7 cm³/mol. The zero-order valence-electron chi connectivity index (χ0n) is 11.0. The Hall–Kier alpha value is -2.03. The molecule has 19 heavy (non-hydrogen) atoms. The summed E-state index contributed by atoms with van der Waals surface area (Å²) in [6, 6.07) is 12.0. The lowest BCUT2D eigenvalue weighted by Crippen LogP contribution is -2.36. The number of fused-ring (bicyclic) bond motifs is 1. The van der Waals surface area contributed by atoms with Gasteiger partial charge in [0.05, 0.1) is 0 Å². The van der Waals surface area contributed by atoms with Gasteiger partial charge in [0, 0.05) is 17.6 Å². The molecule has 2 aromatic carbocycles. The summed E-state index contributed by atoms with van der Waals surface area (Å²) in [5, 5.41) is 11.7. The summed E-state index contributed by atoms with van der Waals surface area (Å²) in [6.45, 7) is 2.88. The van der Waals surface area contributed by atoms with Crippen molar-refractivity contribution in [1.29, 1.82) is 0 Å². The van der Waals surface area contributed by atoms with Crippen LogP contribution in [0.1, 0.15) is 18.4 Å². The molecule has 98 valence electrons. The van der Waals surface area contributed by atoms with Crippen molar-refractivity contribution in [3.8, 4) is 0 Å². The first-order valence-corrected chi connectivity index (χ1v) is 6.66. The zero-order valence-corrected chi connectivity index (χ0v) is 11.0. The molecule has 1 aliphatic heterocycles. The van der Waals surface area contributed by atoms with E-state index in [1.807, 2.05) is 12.1 Å². The Balaban J connectivity index is 2.18. The molecule has 1 unspecified atom stereocenters. The Bertz CT molecular complexity index is 636. The monoisotopic (exact) mass is 255 g/mol. The summed E-state index contributed by atoms with van der Waals surface area (Å²) < 4.78 is 0. The fourth-order valence-corrected chi connectivity index (χ4v) is 3.04. The molecule has 3 rings (SSSR count). The van der Waals surface area contributed by atoms with Gasteiger partial charge >= 0.3 is 5.97 Å². The second kappa shape index (κ2) is 4.57. The molecule has 2 aromatic rings. The third kappa shape index (κ3) is 1.95. The van der Waals surface area contributed by atoms with Crippen LogP contribution in [0.2, 0.25) is 0 Å². The summed E-state index contributed by atoms with van der Waals surface area (Å²) in [5.74, 6) is -0.718. The minimum atomic E-state index is -0.718. The highest BCUT2D eigenvalue weighted by atomic mass is 16.4. The molecule has 1 aliphatic rings. The SMILES string of the molecule is Cc1ccc2ccccc2c1N1CCCC1C(=O)O. The number of benzene rings is 2. The van der Waals surface area contributed by atoms with E-state index in [4.69, 9.17) is 0 Å². The number of carboxylic acid groups (broad SMARTS) is 1. The summed E-state index contributed by atoms with van der Waals surface area (Å²) in [4.78, 5) is 13.4. The first-order valence-electron chi connectivity index (χ1n) is 6.66. The van der Waals surface area contributed by atoms with Crippen molar-refractivity contribution < 1.29 is 9.90 Å². The number of carbonyl (C=O) groups is 1. The molecule has 0 aromatic heterocycles. The van der Waals surface area contributed by atoms with Crippen LogP contribution in [-0.2, 0) is 4.79 Å². The molecule has 1 saturated heterocycles. The summed E-state index contributed by atoms with van der Waals surface area (Å²) in [5.41, 5.74) is 2.23. The summed E-state index contributed by atoms with van der Waals surface area (Å²) >= 11 is 0. The lowest BCUT2D eigenvalue weighted by atomic mass is 10.0. The highest BCUT2D eigenvalue weighted by molar-refractivity contribution is 5.97. The maximum absolute atomic E-state index is 11.4. The fraction of sp³-hybridized carbons (Fsp3) is 0.312. The van der Waals surface area contributed by atoms with Crippen molar-refractivity contribution >= 4 is 22.4 Å². The van der Waals surface area contributed by atoms with E-state index in [1.165, 1.54) is 5.39 Å². The van der Waals surface area contributed by atoms with Gasteiger partial charge in [-0.05, 0) is 30.7 Å². The molecule has 1 atom stereocenters. The van der Waals surface area contributed by atoms with Crippen molar-refractivity contribution in [2.45, 2.75) is 25.8 Å². The number of nitrogens with zero attached hydrogens (tertiary/aromatic N) is 1. The molecule has 0 aliphatic carbocycles. The molecule has 3 nitrogen and oxygen atoms in total. The van der Waals surface area contributed by atoms with E-state index >= 15 is 0 Å². The Morgan fingerprint density at radius 1 is 1.26 bits per heavy atom. The Kier molecular flexibility index (Phi) is 2.90. The predicted octanol–water partition coefficient (Wildman–Crippen LogP) is 3.20. The van der Waals surface area contributed by atoms with Crippen LogP contribution in [0.25, 0.3) is 10.8 Å². The highest BCUT2D eigenvalue weighted by Gasteiger charge is 2.32. The lowest BCUT2D eigenvalue weighted by Gasteiger charge is -2.27. The Labute approximate surface area is 112 Å². The van der Waals surface area contributed by atoms with Gasteiger partial charge < -0.3 is 10.0 Å². The zero-order chi connectivity index (χ0) is 13.4. The molecule has 3 heteroatoms. The quantitative estimate of drug-likeness (QED) is 0.895. The van der Waals surface area contributed by atoms with Gasteiger partial charge in [-0.2, -0.15) is 0 Å². The number of hydrogen-bond acceptors (Lipinski definition) is 2. The van der Waals surface area contributed by atoms with Gasteiger partial charge in [-0.1, -0.05) is 36.4 Å². The standard InChI is InChI=1S/C16H17NO2/c1-11-8-9-12-5-2-3-6-13(12)15(11)17-10-4-7-14(17)16(18)19/h2-3,5-6,8-9,14H,4,7,10H2,1H3,(H,18,19). The maximum Gasteiger partial charge on any atom is 0.326 e. The number of rotatable bonds is 2. The van der Waals surface area contributed by atoms with E-state index in [1.54, 1.807) is 0 Å². The number of hydrogen-bond donors (Lipinski definition) is 1. The first kappa shape index (κ1) is 12.0. The van der Waals surface area contributed by atoms with Crippen molar-refractivity contribution in [1.82, 2.24) is 0 Å². The molecule has 0 bridgehead atoms. The van der Waals surface area contributed by atoms with Crippen LogP contribution >= 0.6 is 0 Å². The number of aryl methyl sites for hydroxylation is 1. The van der Waals surface area contributed by atoms with Gasteiger partial charge in [0.25, 0.3) is 0 Å². The van der Waals surface area contributed by atoms with Crippen LogP contribution in [0.5, 0.6) is 0 Å². The molecular formula is C16H17NO2. The molecule has 0 saturated carbocycles. The van der Waals surface area contributed by atoms with Gasteiger partial charge in [-0.25, -0.2) is 4.79 Å². The van der Waals surface area contributed by atoms with Crippen LogP contribution in [0, 0.1) is 6.92 Å². The number of carboxylic acids is 1. The molecule has 0 spiro atoms. The fourth-order valence-electron chi connectivity index (χ4n) is 3.04. The normalized spacial score (nSPS) is 19.0. The smallest absolute Gasteiger partial charge is 0.326 e. The summed E-state index contributed by atoms with van der Waals surface area (Å²) in [7, 11) is 0. The van der Waals surface area contributed by atoms with E-state index in [0.717, 1.165) is 36.0 Å². The van der Waals surface area contributed by atoms with E-state index in [9.17, 15) is 9.90 Å². The molecule has 1 N–H and O–H groups in total. The van der Waals surface area contributed by atoms with Crippen LogP contribution in [-0.4, -0.2) is 23.7 Å². The van der Waals surface area contributed by atoms with E-state index in [0.29, 0.717) is 0 Å². The topological polar surface area (TPSA) is 40.5 Å². The van der Waals surface area contributed by atoms with Gasteiger partial charge in [-0.15, -0.1) is 0 Å². The van der Waals surface area contributed by atoms with Crippen LogP contribution in [0.3, 0.4) is 0 Å². The molecule has 1 heterocycles. The average molecular weight is 255 g/mol. The van der Waals surface area contributed by atoms with Gasteiger partial charge in [-0.3, -0.25) is 0 Å². The van der Waals surface area contributed by atoms with Crippen molar-refractivity contribution in [2.75, 3.05) is 11.4 Å². The minimum absolute atomic E-state index is 0.385. The number of aliphatic carboxylic acids is 1. The highest BCUT2D eigenvalue weighted by Crippen LogP contribution is 2.35. The Morgan fingerprint density at radius 3 is 2.84 bits per heavy atom. The van der Waals surface area contributed by atoms with Crippen molar-refractivity contribution in [2.24, 2.45) is 0 Å². The minimum Gasteiger partial charge on any atom is -0.480 e. The van der Waals surface area contributed by atoms with E-state index < -0.39 is 5.97 Å². The molecular weight excluding hydrogens is 238 g/mol. The van der Waals surface area contributed by atoms with E-state index in [2.05, 4.69) is 36.1 Å². The van der Waals surface area contributed by atoms with Gasteiger partial charge in [0.1, 0.15) is 6.04 Å². The second-order valence-corrected chi connectivity index (χ2v) is 5.14. The van der Waals surface area contributed by atoms with Crippen LogP contribution < -0.4 is 4.90 Å². The summed E-state index contributed by atoms with van der Waals surface area (Å²) in [6.07, 6.45) is 1.68. The molecule has 0 amide bonds.